The third-order valence-corrected chi connectivity index (χ3v) is 4.40. The molecule has 0 aromatic heterocycles. The van der Waals surface area contributed by atoms with Gasteiger partial charge in [0.25, 0.3) is 0 Å². The standard InChI is InChI=1S/C14H28N2/c1-3-12-7-9-16(10-8-12)11-14(15-4-2)13-5-6-13/h12-15H,3-11H2,1-2H3. The zero-order valence-corrected chi connectivity index (χ0v) is 11.0. The summed E-state index contributed by atoms with van der Waals surface area (Å²) in [5.74, 6) is 2.00. The number of nitrogens with one attached hydrogen (secondary N) is 1. The van der Waals surface area contributed by atoms with E-state index in [1.165, 1.54) is 51.7 Å². The fraction of sp³-hybridized carbons (Fsp3) is 1.00. The van der Waals surface area contributed by atoms with E-state index in [0.29, 0.717) is 0 Å². The molecule has 1 saturated heterocycles. The van der Waals surface area contributed by atoms with Crippen molar-refractivity contribution in [3.05, 3.63) is 0 Å². The first kappa shape index (κ1) is 12.4. The third-order valence-electron chi connectivity index (χ3n) is 4.40. The molecule has 1 N–H and O–H groups in total. The smallest absolute Gasteiger partial charge is 0.0223 e. The highest BCUT2D eigenvalue weighted by atomic mass is 15.2. The predicted molar refractivity (Wildman–Crippen MR) is 69.6 cm³/mol. The average molecular weight is 224 g/mol. The van der Waals surface area contributed by atoms with Crippen molar-refractivity contribution in [3.8, 4) is 0 Å². The van der Waals surface area contributed by atoms with Crippen LogP contribution in [0.15, 0.2) is 0 Å². The molecule has 0 amide bonds. The number of hydrogen-bond acceptors (Lipinski definition) is 2. The lowest BCUT2D eigenvalue weighted by atomic mass is 9.94. The van der Waals surface area contributed by atoms with Crippen LogP contribution < -0.4 is 5.32 Å². The van der Waals surface area contributed by atoms with E-state index in [1.807, 2.05) is 0 Å². The minimum atomic E-state index is 0.781. The molecule has 0 spiro atoms. The van der Waals surface area contributed by atoms with E-state index >= 15 is 0 Å². The van der Waals surface area contributed by atoms with Crippen molar-refractivity contribution in [2.24, 2.45) is 11.8 Å². The van der Waals surface area contributed by atoms with Gasteiger partial charge in [-0.15, -0.1) is 0 Å². The molecule has 1 heterocycles. The summed E-state index contributed by atoms with van der Waals surface area (Å²) in [5, 5.41) is 3.68. The van der Waals surface area contributed by atoms with Gasteiger partial charge in [0.05, 0.1) is 0 Å². The summed E-state index contributed by atoms with van der Waals surface area (Å²) in [6, 6.07) is 0.781. The number of nitrogens with zero attached hydrogens (tertiary/aromatic N) is 1. The van der Waals surface area contributed by atoms with Crippen molar-refractivity contribution in [2.45, 2.75) is 52.0 Å². The first-order chi connectivity index (χ1) is 7.83. The number of likely N-dealkylation sites (tertiary alicyclic amines) is 1. The molecule has 0 aromatic rings. The molecule has 1 saturated carbocycles. The van der Waals surface area contributed by atoms with E-state index in [4.69, 9.17) is 0 Å². The summed E-state index contributed by atoms with van der Waals surface area (Å²) in [4.78, 5) is 2.69. The molecule has 2 aliphatic rings. The van der Waals surface area contributed by atoms with Gasteiger partial charge >= 0.3 is 0 Å². The van der Waals surface area contributed by atoms with E-state index in [9.17, 15) is 0 Å². The highest BCUT2D eigenvalue weighted by molar-refractivity contribution is 4.89. The Morgan fingerprint density at radius 1 is 1.12 bits per heavy atom. The minimum Gasteiger partial charge on any atom is -0.313 e. The first-order valence-electron chi connectivity index (χ1n) is 7.29. The van der Waals surface area contributed by atoms with Crippen LogP contribution in [0.3, 0.4) is 0 Å². The first-order valence-corrected chi connectivity index (χ1v) is 7.29. The van der Waals surface area contributed by atoms with Crippen molar-refractivity contribution >= 4 is 0 Å². The van der Waals surface area contributed by atoms with Gasteiger partial charge in [-0.05, 0) is 57.2 Å². The summed E-state index contributed by atoms with van der Waals surface area (Å²) < 4.78 is 0. The van der Waals surface area contributed by atoms with Gasteiger partial charge in [0.15, 0.2) is 0 Å². The maximum atomic E-state index is 3.68. The minimum absolute atomic E-state index is 0.781. The van der Waals surface area contributed by atoms with Crippen molar-refractivity contribution in [2.75, 3.05) is 26.2 Å². The lowest BCUT2D eigenvalue weighted by molar-refractivity contribution is 0.161. The van der Waals surface area contributed by atoms with Gasteiger partial charge in [0, 0.05) is 12.6 Å². The Hall–Kier alpha value is -0.0800. The maximum absolute atomic E-state index is 3.68. The molecule has 0 aromatic carbocycles. The molecular formula is C14H28N2. The van der Waals surface area contributed by atoms with Crippen molar-refractivity contribution in [1.82, 2.24) is 10.2 Å². The topological polar surface area (TPSA) is 15.3 Å². The number of likely N-dealkylation sites (N-methyl/N-ethyl adjacent to an activating group) is 1. The monoisotopic (exact) mass is 224 g/mol. The Morgan fingerprint density at radius 2 is 1.81 bits per heavy atom. The number of rotatable bonds is 6. The maximum Gasteiger partial charge on any atom is 0.0223 e. The Balaban J connectivity index is 1.71. The summed E-state index contributed by atoms with van der Waals surface area (Å²) in [5.41, 5.74) is 0. The molecule has 2 heteroatoms. The van der Waals surface area contributed by atoms with Crippen LogP contribution in [0.25, 0.3) is 0 Å². The molecule has 1 aliphatic carbocycles. The molecule has 2 rings (SSSR count). The van der Waals surface area contributed by atoms with Gasteiger partial charge in [0.2, 0.25) is 0 Å². The van der Waals surface area contributed by atoms with Crippen LogP contribution in [0.4, 0.5) is 0 Å². The van der Waals surface area contributed by atoms with Crippen molar-refractivity contribution in [3.63, 3.8) is 0 Å². The van der Waals surface area contributed by atoms with Gasteiger partial charge in [-0.2, -0.15) is 0 Å². The average Bonchev–Trinajstić information content (AvgIpc) is 3.13. The quantitative estimate of drug-likeness (QED) is 0.746. The SMILES string of the molecule is CCNC(CN1CCC(CC)CC1)C1CC1. The van der Waals surface area contributed by atoms with Gasteiger partial charge in [-0.1, -0.05) is 20.3 Å². The van der Waals surface area contributed by atoms with Crippen molar-refractivity contribution in [1.29, 1.82) is 0 Å². The van der Waals surface area contributed by atoms with Crippen LogP contribution in [0.5, 0.6) is 0 Å². The summed E-state index contributed by atoms with van der Waals surface area (Å²) in [6.45, 7) is 9.69. The van der Waals surface area contributed by atoms with Crippen LogP contribution in [-0.4, -0.2) is 37.1 Å². The number of hydrogen-bond donors (Lipinski definition) is 1. The second kappa shape index (κ2) is 6.02. The fourth-order valence-corrected chi connectivity index (χ4v) is 3.00. The normalized spacial score (nSPS) is 25.9. The second-order valence-electron chi connectivity index (χ2n) is 5.65. The zero-order chi connectivity index (χ0) is 11.4. The molecule has 1 atom stereocenters. The Bertz CT molecular complexity index is 193. The highest BCUT2D eigenvalue weighted by Crippen LogP contribution is 2.33. The van der Waals surface area contributed by atoms with Gasteiger partial charge in [-0.25, -0.2) is 0 Å². The summed E-state index contributed by atoms with van der Waals surface area (Å²) in [7, 11) is 0. The second-order valence-corrected chi connectivity index (χ2v) is 5.65. The molecule has 2 nitrogen and oxygen atoms in total. The molecule has 94 valence electrons. The number of piperidine rings is 1. The Morgan fingerprint density at radius 3 is 2.31 bits per heavy atom. The molecule has 16 heavy (non-hydrogen) atoms. The van der Waals surface area contributed by atoms with E-state index in [-0.39, 0.29) is 0 Å². The lowest BCUT2D eigenvalue weighted by Crippen LogP contribution is -2.45. The third kappa shape index (κ3) is 3.46. The van der Waals surface area contributed by atoms with Crippen LogP contribution in [0, 0.1) is 11.8 Å². The van der Waals surface area contributed by atoms with Crippen LogP contribution in [0.2, 0.25) is 0 Å². The molecule has 1 unspecified atom stereocenters. The van der Waals surface area contributed by atoms with Gasteiger partial charge in [0.1, 0.15) is 0 Å². The van der Waals surface area contributed by atoms with E-state index in [2.05, 4.69) is 24.1 Å². The molecule has 0 radical (unpaired) electrons. The Kier molecular flexibility index (Phi) is 4.66. The summed E-state index contributed by atoms with van der Waals surface area (Å²) in [6.07, 6.45) is 7.17. The molecule has 2 fully saturated rings. The fourth-order valence-electron chi connectivity index (χ4n) is 3.00. The highest BCUT2D eigenvalue weighted by Gasteiger charge is 2.32. The predicted octanol–water partition coefficient (Wildman–Crippen LogP) is 2.50. The van der Waals surface area contributed by atoms with Gasteiger partial charge in [-0.3, -0.25) is 0 Å². The van der Waals surface area contributed by atoms with E-state index in [1.54, 1.807) is 0 Å². The van der Waals surface area contributed by atoms with Crippen LogP contribution in [0.1, 0.15) is 46.0 Å². The molecular weight excluding hydrogens is 196 g/mol. The Labute approximate surface area is 101 Å². The van der Waals surface area contributed by atoms with Crippen molar-refractivity contribution < 1.29 is 0 Å². The van der Waals surface area contributed by atoms with Crippen LogP contribution >= 0.6 is 0 Å². The summed E-state index contributed by atoms with van der Waals surface area (Å²) >= 11 is 0. The molecule has 1 aliphatic heterocycles. The van der Waals surface area contributed by atoms with E-state index < -0.39 is 0 Å². The lowest BCUT2D eigenvalue weighted by Gasteiger charge is -2.34. The largest absolute Gasteiger partial charge is 0.313 e. The van der Waals surface area contributed by atoms with Crippen LogP contribution in [-0.2, 0) is 0 Å². The zero-order valence-electron chi connectivity index (χ0n) is 11.0. The van der Waals surface area contributed by atoms with Gasteiger partial charge < -0.3 is 10.2 Å². The van der Waals surface area contributed by atoms with E-state index in [0.717, 1.165) is 24.4 Å². The molecule has 0 bridgehead atoms.